The van der Waals surface area contributed by atoms with E-state index in [0.717, 1.165) is 16.9 Å². The summed E-state index contributed by atoms with van der Waals surface area (Å²) in [7, 11) is 3.69. The number of halogens is 2. The standard InChI is InChI=1S/C19H19Cl2N3O3S/c1-22-15-14(16(23(2)3)11-4-5-12(20)13(21)10-11)17(19(25)26)28-18(15)24-6-8-27-9-7-24/h4-5,10,16H,6-9H2,2-3H3,(H,25,26). The van der Waals surface area contributed by atoms with Crippen molar-refractivity contribution in [3.8, 4) is 0 Å². The molecule has 2 heterocycles. The zero-order valence-corrected chi connectivity index (χ0v) is 17.7. The molecule has 0 spiro atoms. The predicted molar refractivity (Wildman–Crippen MR) is 113 cm³/mol. The van der Waals surface area contributed by atoms with Crippen LogP contribution < -0.4 is 4.90 Å². The van der Waals surface area contributed by atoms with E-state index in [-0.39, 0.29) is 4.88 Å². The Morgan fingerprint density at radius 3 is 2.54 bits per heavy atom. The maximum Gasteiger partial charge on any atom is 0.344 e. The van der Waals surface area contributed by atoms with Crippen LogP contribution in [0, 0.1) is 6.57 Å². The summed E-state index contributed by atoms with van der Waals surface area (Å²) >= 11 is 13.4. The van der Waals surface area contributed by atoms with Crippen LogP contribution >= 0.6 is 34.5 Å². The molecule has 1 fully saturated rings. The van der Waals surface area contributed by atoms with Crippen molar-refractivity contribution >= 4 is 51.2 Å². The molecular formula is C19H19Cl2N3O3S. The number of nitrogens with zero attached hydrogens (tertiary/aromatic N) is 3. The van der Waals surface area contributed by atoms with Gasteiger partial charge >= 0.3 is 5.97 Å². The van der Waals surface area contributed by atoms with Crippen molar-refractivity contribution in [1.29, 1.82) is 0 Å². The lowest BCUT2D eigenvalue weighted by molar-refractivity contribution is 0.0700. The summed E-state index contributed by atoms with van der Waals surface area (Å²) in [5.74, 6) is -1.05. The first kappa shape index (κ1) is 20.9. The van der Waals surface area contributed by atoms with Crippen LogP contribution in [0.2, 0.25) is 10.0 Å². The molecule has 1 aliphatic rings. The summed E-state index contributed by atoms with van der Waals surface area (Å²) in [6.45, 7) is 10.1. The fraction of sp³-hybridized carbons (Fsp3) is 0.368. The molecule has 1 unspecified atom stereocenters. The maximum atomic E-state index is 12.1. The Bertz CT molecular complexity index is 933. The normalized spacial score (nSPS) is 15.5. The number of morpholine rings is 1. The fourth-order valence-corrected chi connectivity index (χ4v) is 4.80. The van der Waals surface area contributed by atoms with Gasteiger partial charge in [0, 0.05) is 18.7 Å². The van der Waals surface area contributed by atoms with Crippen LogP contribution in [0.25, 0.3) is 4.85 Å². The molecule has 0 bridgehead atoms. The molecule has 28 heavy (non-hydrogen) atoms. The molecule has 9 heteroatoms. The van der Waals surface area contributed by atoms with Gasteiger partial charge in [0.15, 0.2) is 0 Å². The molecule has 0 saturated carbocycles. The molecule has 0 amide bonds. The van der Waals surface area contributed by atoms with E-state index in [1.54, 1.807) is 12.1 Å². The zero-order valence-electron chi connectivity index (χ0n) is 15.4. The second kappa shape index (κ2) is 8.68. The number of thiophene rings is 1. The molecular weight excluding hydrogens is 421 g/mol. The van der Waals surface area contributed by atoms with E-state index in [1.165, 1.54) is 0 Å². The third-order valence-corrected chi connectivity index (χ3v) is 6.54. The lowest BCUT2D eigenvalue weighted by atomic mass is 9.96. The number of ether oxygens (including phenoxy) is 1. The number of aromatic carboxylic acids is 1. The third-order valence-electron chi connectivity index (χ3n) is 4.55. The van der Waals surface area contributed by atoms with E-state index < -0.39 is 12.0 Å². The summed E-state index contributed by atoms with van der Waals surface area (Å²) in [5.41, 5.74) is 1.63. The van der Waals surface area contributed by atoms with Gasteiger partial charge in [0.05, 0.1) is 40.9 Å². The van der Waals surface area contributed by atoms with Gasteiger partial charge in [-0.05, 0) is 31.8 Å². The van der Waals surface area contributed by atoms with Crippen molar-refractivity contribution in [2.75, 3.05) is 45.3 Å². The minimum absolute atomic E-state index is 0.164. The number of carboxylic acid groups (broad SMARTS) is 1. The van der Waals surface area contributed by atoms with Gasteiger partial charge in [-0.3, -0.25) is 4.90 Å². The van der Waals surface area contributed by atoms with E-state index in [0.29, 0.717) is 52.6 Å². The smallest absolute Gasteiger partial charge is 0.344 e. The number of carboxylic acids is 1. The monoisotopic (exact) mass is 439 g/mol. The lowest BCUT2D eigenvalue weighted by Gasteiger charge is -2.29. The Hall–Kier alpha value is -1.82. The van der Waals surface area contributed by atoms with Gasteiger partial charge in [-0.2, -0.15) is 0 Å². The first-order valence-electron chi connectivity index (χ1n) is 8.56. The SMILES string of the molecule is [C-]#[N+]c1c(N2CCOCC2)sc(C(=O)O)c1C(c1ccc(Cl)c(Cl)c1)N(C)C. The average Bonchev–Trinajstić information content (AvgIpc) is 3.04. The second-order valence-corrected chi connectivity index (χ2v) is 8.37. The van der Waals surface area contributed by atoms with Crippen LogP contribution in [0.15, 0.2) is 18.2 Å². The van der Waals surface area contributed by atoms with E-state index in [4.69, 9.17) is 34.5 Å². The van der Waals surface area contributed by atoms with Crippen molar-refractivity contribution in [1.82, 2.24) is 4.90 Å². The summed E-state index contributed by atoms with van der Waals surface area (Å²) in [5, 5.41) is 11.4. The second-order valence-electron chi connectivity index (χ2n) is 6.55. The topological polar surface area (TPSA) is 57.4 Å². The van der Waals surface area contributed by atoms with Crippen molar-refractivity contribution in [2.45, 2.75) is 6.04 Å². The molecule has 1 aromatic carbocycles. The summed E-state index contributed by atoms with van der Waals surface area (Å²) in [4.78, 5) is 19.9. The summed E-state index contributed by atoms with van der Waals surface area (Å²) in [6.07, 6.45) is 0. The highest BCUT2D eigenvalue weighted by molar-refractivity contribution is 7.18. The Balaban J connectivity index is 2.21. The molecule has 2 aromatic rings. The highest BCUT2D eigenvalue weighted by atomic mass is 35.5. The van der Waals surface area contributed by atoms with Gasteiger partial charge < -0.3 is 14.7 Å². The number of hydrogen-bond donors (Lipinski definition) is 1. The molecule has 0 aliphatic carbocycles. The van der Waals surface area contributed by atoms with Crippen LogP contribution in [0.1, 0.15) is 26.8 Å². The van der Waals surface area contributed by atoms with Crippen molar-refractivity contribution in [3.63, 3.8) is 0 Å². The zero-order chi connectivity index (χ0) is 20.4. The first-order valence-corrected chi connectivity index (χ1v) is 10.1. The Morgan fingerprint density at radius 2 is 2.00 bits per heavy atom. The average molecular weight is 440 g/mol. The van der Waals surface area contributed by atoms with Gasteiger partial charge in [-0.15, -0.1) is 11.3 Å². The maximum absolute atomic E-state index is 12.1. The van der Waals surface area contributed by atoms with E-state index in [2.05, 4.69) is 4.85 Å². The Morgan fingerprint density at radius 1 is 1.32 bits per heavy atom. The number of benzene rings is 1. The van der Waals surface area contributed by atoms with E-state index in [9.17, 15) is 9.90 Å². The van der Waals surface area contributed by atoms with Crippen LogP contribution in [-0.4, -0.2) is 56.4 Å². The van der Waals surface area contributed by atoms with Crippen LogP contribution in [0.3, 0.4) is 0 Å². The van der Waals surface area contributed by atoms with Gasteiger partial charge in [-0.25, -0.2) is 9.64 Å². The Labute approximate surface area is 177 Å². The predicted octanol–water partition coefficient (Wildman–Crippen LogP) is 4.79. The lowest BCUT2D eigenvalue weighted by Crippen LogP contribution is -2.35. The highest BCUT2D eigenvalue weighted by Gasteiger charge is 2.33. The summed E-state index contributed by atoms with van der Waals surface area (Å²) < 4.78 is 5.39. The van der Waals surface area contributed by atoms with Crippen molar-refractivity contribution in [3.05, 3.63) is 55.7 Å². The van der Waals surface area contributed by atoms with Gasteiger partial charge in [0.25, 0.3) is 0 Å². The fourth-order valence-electron chi connectivity index (χ4n) is 3.33. The molecule has 1 aliphatic heterocycles. The van der Waals surface area contributed by atoms with Gasteiger partial charge in [-0.1, -0.05) is 29.3 Å². The van der Waals surface area contributed by atoms with E-state index >= 15 is 0 Å². The van der Waals surface area contributed by atoms with Crippen LogP contribution in [-0.2, 0) is 4.74 Å². The van der Waals surface area contributed by atoms with Crippen molar-refractivity contribution in [2.24, 2.45) is 0 Å². The highest BCUT2D eigenvalue weighted by Crippen LogP contribution is 2.49. The van der Waals surface area contributed by atoms with Crippen LogP contribution in [0.5, 0.6) is 0 Å². The Kier molecular flexibility index (Phi) is 6.48. The number of hydrogen-bond acceptors (Lipinski definition) is 5. The molecule has 1 N–H and O–H groups in total. The van der Waals surface area contributed by atoms with Crippen LogP contribution in [0.4, 0.5) is 10.7 Å². The quantitative estimate of drug-likeness (QED) is 0.678. The minimum atomic E-state index is -1.05. The molecule has 3 rings (SSSR count). The molecule has 0 radical (unpaired) electrons. The summed E-state index contributed by atoms with van der Waals surface area (Å²) in [6, 6.07) is 4.77. The first-order chi connectivity index (χ1) is 13.3. The number of rotatable bonds is 5. The van der Waals surface area contributed by atoms with E-state index in [1.807, 2.05) is 30.0 Å². The van der Waals surface area contributed by atoms with Crippen molar-refractivity contribution < 1.29 is 14.6 Å². The minimum Gasteiger partial charge on any atom is -0.477 e. The van der Waals surface area contributed by atoms with Gasteiger partial charge in [0.1, 0.15) is 4.88 Å². The molecule has 1 aromatic heterocycles. The molecule has 1 atom stereocenters. The molecule has 6 nitrogen and oxygen atoms in total. The number of carbonyl (C=O) groups is 1. The largest absolute Gasteiger partial charge is 0.477 e. The van der Waals surface area contributed by atoms with Gasteiger partial charge in [0.2, 0.25) is 5.69 Å². The molecule has 1 saturated heterocycles. The molecule has 148 valence electrons. The third kappa shape index (κ3) is 3.97. The number of anilines is 1.